The summed E-state index contributed by atoms with van der Waals surface area (Å²) in [6, 6.07) is 16.5. The molecule has 148 valence electrons. The molecule has 0 saturated heterocycles. The first-order valence-corrected chi connectivity index (χ1v) is 9.31. The van der Waals surface area contributed by atoms with E-state index in [4.69, 9.17) is 4.74 Å². The van der Waals surface area contributed by atoms with E-state index in [0.717, 1.165) is 17.5 Å². The van der Waals surface area contributed by atoms with E-state index in [1.807, 2.05) is 38.1 Å². The molecule has 0 radical (unpaired) electrons. The van der Waals surface area contributed by atoms with Crippen LogP contribution in [0.1, 0.15) is 34.8 Å². The number of hydrogen-bond acceptors (Lipinski definition) is 4. The molecule has 0 atom stereocenters. The van der Waals surface area contributed by atoms with E-state index in [2.05, 4.69) is 5.32 Å². The second-order valence-corrected chi connectivity index (χ2v) is 6.51. The summed E-state index contributed by atoms with van der Waals surface area (Å²) in [5, 5.41) is 2.48. The summed E-state index contributed by atoms with van der Waals surface area (Å²) < 4.78 is 5.03. The maximum atomic E-state index is 12.4. The minimum atomic E-state index is -0.649. The second-order valence-electron chi connectivity index (χ2n) is 6.51. The minimum absolute atomic E-state index is 0.259. The highest BCUT2D eigenvalue weighted by Gasteiger charge is 2.16. The van der Waals surface area contributed by atoms with Crippen LogP contribution in [0.5, 0.6) is 0 Å². The number of carbonyl (C=O) groups excluding carboxylic acids is 3. The third-order valence-electron chi connectivity index (χ3n) is 4.13. The standard InChI is InChI=1S/C22H26N2O4/c1-3-13-24(15-18-11-9-17(2)10-12-18)20(25)16-28-21(26)14-23-22(27)19-7-5-4-6-8-19/h4-12H,3,13-16H2,1-2H3,(H,23,27). The van der Waals surface area contributed by atoms with Gasteiger partial charge in [0.05, 0.1) is 0 Å². The number of nitrogens with one attached hydrogen (secondary N) is 1. The topological polar surface area (TPSA) is 75.7 Å². The van der Waals surface area contributed by atoms with Crippen LogP contribution in [0.4, 0.5) is 0 Å². The van der Waals surface area contributed by atoms with E-state index in [1.54, 1.807) is 35.2 Å². The molecular weight excluding hydrogens is 356 g/mol. The van der Waals surface area contributed by atoms with Crippen molar-refractivity contribution in [2.75, 3.05) is 19.7 Å². The van der Waals surface area contributed by atoms with Crippen molar-refractivity contribution >= 4 is 17.8 Å². The molecule has 2 amide bonds. The zero-order valence-corrected chi connectivity index (χ0v) is 16.3. The molecule has 1 N–H and O–H groups in total. The van der Waals surface area contributed by atoms with Crippen LogP contribution in [-0.2, 0) is 20.9 Å². The van der Waals surface area contributed by atoms with Gasteiger partial charge in [0.25, 0.3) is 11.8 Å². The lowest BCUT2D eigenvalue weighted by Gasteiger charge is -2.22. The number of amides is 2. The number of nitrogens with zero attached hydrogens (tertiary/aromatic N) is 1. The summed E-state index contributed by atoms with van der Waals surface area (Å²) in [5.41, 5.74) is 2.64. The summed E-state index contributed by atoms with van der Waals surface area (Å²) in [7, 11) is 0. The van der Waals surface area contributed by atoms with Crippen molar-refractivity contribution in [2.24, 2.45) is 0 Å². The fraction of sp³-hybridized carbons (Fsp3) is 0.318. The molecule has 2 rings (SSSR count). The Morgan fingerprint density at radius 3 is 2.32 bits per heavy atom. The molecule has 6 heteroatoms. The first-order valence-electron chi connectivity index (χ1n) is 9.31. The van der Waals surface area contributed by atoms with E-state index >= 15 is 0 Å². The Kier molecular flexibility index (Phi) is 8.21. The summed E-state index contributed by atoms with van der Waals surface area (Å²) in [5.74, 6) is -1.27. The molecule has 0 aliphatic carbocycles. The van der Waals surface area contributed by atoms with E-state index in [9.17, 15) is 14.4 Å². The molecule has 28 heavy (non-hydrogen) atoms. The minimum Gasteiger partial charge on any atom is -0.454 e. The Morgan fingerprint density at radius 1 is 1.00 bits per heavy atom. The maximum Gasteiger partial charge on any atom is 0.325 e. The molecule has 0 spiro atoms. The Hall–Kier alpha value is -3.15. The van der Waals surface area contributed by atoms with E-state index < -0.39 is 5.97 Å². The second kappa shape index (κ2) is 10.9. The number of ether oxygens (including phenoxy) is 1. The molecule has 0 aliphatic heterocycles. The predicted molar refractivity (Wildman–Crippen MR) is 107 cm³/mol. The lowest BCUT2D eigenvalue weighted by atomic mass is 10.1. The van der Waals surface area contributed by atoms with Gasteiger partial charge in [0, 0.05) is 18.7 Å². The van der Waals surface area contributed by atoms with Crippen molar-refractivity contribution < 1.29 is 19.1 Å². The van der Waals surface area contributed by atoms with Gasteiger partial charge in [-0.2, -0.15) is 0 Å². The molecule has 6 nitrogen and oxygen atoms in total. The zero-order chi connectivity index (χ0) is 20.4. The largest absolute Gasteiger partial charge is 0.454 e. The summed E-state index contributed by atoms with van der Waals surface area (Å²) in [6.07, 6.45) is 0.804. The van der Waals surface area contributed by atoms with Crippen molar-refractivity contribution in [1.29, 1.82) is 0 Å². The number of benzene rings is 2. The third kappa shape index (κ3) is 6.87. The Labute approximate surface area is 165 Å². The van der Waals surface area contributed by atoms with Crippen LogP contribution >= 0.6 is 0 Å². The van der Waals surface area contributed by atoms with Gasteiger partial charge in [-0.25, -0.2) is 0 Å². The summed E-state index contributed by atoms with van der Waals surface area (Å²) in [4.78, 5) is 37.9. The molecule has 2 aromatic carbocycles. The van der Waals surface area contributed by atoms with Gasteiger partial charge in [-0.3, -0.25) is 14.4 Å². The van der Waals surface area contributed by atoms with Gasteiger partial charge in [0.15, 0.2) is 6.61 Å². The molecule has 0 fully saturated rings. The van der Waals surface area contributed by atoms with E-state index in [1.165, 1.54) is 0 Å². The first-order chi connectivity index (χ1) is 13.5. The van der Waals surface area contributed by atoms with E-state index in [0.29, 0.717) is 18.7 Å². The van der Waals surface area contributed by atoms with Crippen molar-refractivity contribution in [3.05, 3.63) is 71.3 Å². The highest BCUT2D eigenvalue weighted by molar-refractivity contribution is 5.96. The Bertz CT molecular complexity index is 788. The third-order valence-corrected chi connectivity index (χ3v) is 4.13. The van der Waals surface area contributed by atoms with Gasteiger partial charge in [0.1, 0.15) is 6.54 Å². The molecule has 0 heterocycles. The molecule has 0 unspecified atom stereocenters. The Balaban J connectivity index is 1.80. The number of rotatable bonds is 9. The first kappa shape index (κ1) is 21.2. The van der Waals surface area contributed by atoms with Gasteiger partial charge in [-0.15, -0.1) is 0 Å². The summed E-state index contributed by atoms with van der Waals surface area (Å²) >= 11 is 0. The van der Waals surface area contributed by atoms with Crippen LogP contribution in [0.2, 0.25) is 0 Å². The number of aryl methyl sites for hydroxylation is 1. The monoisotopic (exact) mass is 382 g/mol. The van der Waals surface area contributed by atoms with Crippen molar-refractivity contribution in [2.45, 2.75) is 26.8 Å². The van der Waals surface area contributed by atoms with Crippen molar-refractivity contribution in [3.8, 4) is 0 Å². The Morgan fingerprint density at radius 2 is 1.68 bits per heavy atom. The quantitative estimate of drug-likeness (QED) is 0.677. The van der Waals surface area contributed by atoms with Gasteiger partial charge >= 0.3 is 5.97 Å². The zero-order valence-electron chi connectivity index (χ0n) is 16.3. The fourth-order valence-corrected chi connectivity index (χ4v) is 2.60. The van der Waals surface area contributed by atoms with E-state index in [-0.39, 0.29) is 25.0 Å². The molecule has 0 bridgehead atoms. The maximum absolute atomic E-state index is 12.4. The SMILES string of the molecule is CCCN(Cc1ccc(C)cc1)C(=O)COC(=O)CNC(=O)c1ccccc1. The van der Waals surface area contributed by atoms with Crippen LogP contribution in [0.3, 0.4) is 0 Å². The normalized spacial score (nSPS) is 10.2. The average molecular weight is 382 g/mol. The number of esters is 1. The number of carbonyl (C=O) groups is 3. The highest BCUT2D eigenvalue weighted by Crippen LogP contribution is 2.08. The molecule has 2 aromatic rings. The number of hydrogen-bond donors (Lipinski definition) is 1. The lowest BCUT2D eigenvalue weighted by molar-refractivity contribution is -0.151. The van der Waals surface area contributed by atoms with Crippen LogP contribution in [-0.4, -0.2) is 42.4 Å². The lowest BCUT2D eigenvalue weighted by Crippen LogP contribution is -2.36. The van der Waals surface area contributed by atoms with Crippen molar-refractivity contribution in [1.82, 2.24) is 10.2 Å². The van der Waals surface area contributed by atoms with Gasteiger partial charge in [-0.05, 0) is 31.0 Å². The van der Waals surface area contributed by atoms with Crippen LogP contribution in [0, 0.1) is 6.92 Å². The smallest absolute Gasteiger partial charge is 0.325 e. The fourth-order valence-electron chi connectivity index (χ4n) is 2.60. The van der Waals surface area contributed by atoms with Gasteiger partial charge in [0.2, 0.25) is 0 Å². The van der Waals surface area contributed by atoms with Crippen LogP contribution in [0.15, 0.2) is 54.6 Å². The van der Waals surface area contributed by atoms with Gasteiger partial charge < -0.3 is 15.0 Å². The highest BCUT2D eigenvalue weighted by atomic mass is 16.5. The summed E-state index contributed by atoms with van der Waals surface area (Å²) in [6.45, 7) is 4.41. The van der Waals surface area contributed by atoms with Crippen molar-refractivity contribution in [3.63, 3.8) is 0 Å². The molecule has 0 aromatic heterocycles. The molecule has 0 saturated carbocycles. The van der Waals surface area contributed by atoms with Gasteiger partial charge in [-0.1, -0.05) is 55.0 Å². The molecular formula is C22H26N2O4. The van der Waals surface area contributed by atoms with Crippen LogP contribution < -0.4 is 5.32 Å². The molecule has 0 aliphatic rings. The van der Waals surface area contributed by atoms with Crippen LogP contribution in [0.25, 0.3) is 0 Å². The predicted octanol–water partition coefficient (Wildman–Crippen LogP) is 2.71. The average Bonchev–Trinajstić information content (AvgIpc) is 2.72.